The summed E-state index contributed by atoms with van der Waals surface area (Å²) in [5.74, 6) is 2.35. The standard InChI is InChI=1S/C26H30O8/c1-25(2)10-9-15-11-16(21(30-5)12-20(15)34-25)22-17-13-31-24(26(17,27)14-32-22)33-23-18(28-3)7-6-8-19(23)29-4/h6-12,17,22,24,27H,13-14H2,1-5H3/t17-,22-,24-,26-/m1/s1. The van der Waals surface area contributed by atoms with Crippen LogP contribution in [0.25, 0.3) is 6.08 Å². The molecule has 0 unspecified atom stereocenters. The van der Waals surface area contributed by atoms with E-state index in [9.17, 15) is 5.11 Å². The monoisotopic (exact) mass is 470 g/mol. The lowest BCUT2D eigenvalue weighted by atomic mass is 9.85. The average molecular weight is 471 g/mol. The Hall–Kier alpha value is -2.94. The van der Waals surface area contributed by atoms with Gasteiger partial charge >= 0.3 is 0 Å². The molecular weight excluding hydrogens is 440 g/mol. The lowest BCUT2D eigenvalue weighted by Gasteiger charge is -2.30. The number of fused-ring (bicyclic) bond motifs is 2. The molecule has 1 N–H and O–H groups in total. The third kappa shape index (κ3) is 3.66. The highest BCUT2D eigenvalue weighted by Gasteiger charge is 2.61. The smallest absolute Gasteiger partial charge is 0.232 e. The molecule has 2 aromatic carbocycles. The normalized spacial score (nSPS) is 28.6. The van der Waals surface area contributed by atoms with Crippen LogP contribution in [0.5, 0.6) is 28.7 Å². The molecule has 4 atom stereocenters. The lowest BCUT2D eigenvalue weighted by molar-refractivity contribution is -0.153. The summed E-state index contributed by atoms with van der Waals surface area (Å²) in [6.45, 7) is 4.30. The van der Waals surface area contributed by atoms with Crippen LogP contribution in [-0.2, 0) is 9.47 Å². The fourth-order valence-corrected chi connectivity index (χ4v) is 4.82. The average Bonchev–Trinajstić information content (AvgIpc) is 3.32. The van der Waals surface area contributed by atoms with Gasteiger partial charge < -0.3 is 38.3 Å². The van der Waals surface area contributed by atoms with E-state index in [0.717, 1.165) is 16.9 Å². The van der Waals surface area contributed by atoms with Crippen LogP contribution in [0.15, 0.2) is 36.4 Å². The summed E-state index contributed by atoms with van der Waals surface area (Å²) in [4.78, 5) is 0. The van der Waals surface area contributed by atoms with Gasteiger partial charge in [0.05, 0.1) is 46.6 Å². The van der Waals surface area contributed by atoms with Crippen LogP contribution in [0, 0.1) is 5.92 Å². The molecule has 0 amide bonds. The topological polar surface area (TPSA) is 84.8 Å². The molecule has 0 spiro atoms. The Kier molecular flexibility index (Phi) is 5.62. The van der Waals surface area contributed by atoms with E-state index >= 15 is 0 Å². The van der Waals surface area contributed by atoms with Gasteiger partial charge in [0.2, 0.25) is 12.0 Å². The fraction of sp³-hybridized carbons (Fsp3) is 0.462. The van der Waals surface area contributed by atoms with Crippen molar-refractivity contribution in [2.24, 2.45) is 5.92 Å². The minimum atomic E-state index is -1.37. The molecule has 3 aliphatic heterocycles. The second-order valence-electron chi connectivity index (χ2n) is 9.27. The first-order valence-corrected chi connectivity index (χ1v) is 11.2. The summed E-state index contributed by atoms with van der Waals surface area (Å²) in [6, 6.07) is 9.19. The molecule has 182 valence electrons. The predicted molar refractivity (Wildman–Crippen MR) is 124 cm³/mol. The van der Waals surface area contributed by atoms with Crippen LogP contribution < -0.4 is 23.7 Å². The van der Waals surface area contributed by atoms with Crippen molar-refractivity contribution in [3.05, 3.63) is 47.5 Å². The van der Waals surface area contributed by atoms with Crippen molar-refractivity contribution in [3.8, 4) is 28.7 Å². The molecule has 8 heteroatoms. The number of hydrogen-bond acceptors (Lipinski definition) is 8. The van der Waals surface area contributed by atoms with E-state index < -0.39 is 23.6 Å². The highest BCUT2D eigenvalue weighted by Crippen LogP contribution is 2.52. The van der Waals surface area contributed by atoms with E-state index in [4.69, 9.17) is 33.2 Å². The first-order chi connectivity index (χ1) is 16.3. The van der Waals surface area contributed by atoms with Gasteiger partial charge in [-0.2, -0.15) is 0 Å². The van der Waals surface area contributed by atoms with E-state index in [-0.39, 0.29) is 19.1 Å². The Morgan fingerprint density at radius 2 is 1.68 bits per heavy atom. The number of rotatable bonds is 6. The maximum atomic E-state index is 11.6. The number of methoxy groups -OCH3 is 3. The molecule has 2 aromatic rings. The van der Waals surface area contributed by atoms with Gasteiger partial charge in [-0.05, 0) is 38.1 Å². The molecule has 0 radical (unpaired) electrons. The molecule has 3 aliphatic rings. The van der Waals surface area contributed by atoms with Crippen LogP contribution in [0.4, 0.5) is 0 Å². The zero-order valence-electron chi connectivity index (χ0n) is 20.0. The molecule has 8 nitrogen and oxygen atoms in total. The first kappa shape index (κ1) is 22.8. The van der Waals surface area contributed by atoms with E-state index in [1.54, 1.807) is 39.5 Å². The van der Waals surface area contributed by atoms with Crippen LogP contribution in [0.2, 0.25) is 0 Å². The second-order valence-corrected chi connectivity index (χ2v) is 9.27. The van der Waals surface area contributed by atoms with E-state index in [2.05, 4.69) is 0 Å². The molecule has 3 heterocycles. The molecule has 0 aromatic heterocycles. The number of benzene rings is 2. The van der Waals surface area contributed by atoms with E-state index in [1.165, 1.54) is 0 Å². The Morgan fingerprint density at radius 1 is 0.971 bits per heavy atom. The third-order valence-electron chi connectivity index (χ3n) is 6.65. The molecule has 2 fully saturated rings. The van der Waals surface area contributed by atoms with Crippen LogP contribution in [-0.4, -0.2) is 57.1 Å². The van der Waals surface area contributed by atoms with Crippen molar-refractivity contribution in [1.82, 2.24) is 0 Å². The van der Waals surface area contributed by atoms with Crippen LogP contribution >= 0.6 is 0 Å². The van der Waals surface area contributed by atoms with Crippen molar-refractivity contribution >= 4 is 6.08 Å². The summed E-state index contributed by atoms with van der Waals surface area (Å²) in [7, 11) is 4.71. The summed E-state index contributed by atoms with van der Waals surface area (Å²) in [5.41, 5.74) is -0.00683. The zero-order chi connectivity index (χ0) is 24.1. The molecule has 5 rings (SSSR count). The van der Waals surface area contributed by atoms with Gasteiger partial charge in [0.15, 0.2) is 17.1 Å². The SMILES string of the molecule is COc1cc2c(cc1[C@H]1OC[C@]3(O)[C@@H](Oc4c(OC)cccc4OC)OC[C@H]13)C=CC(C)(C)O2. The van der Waals surface area contributed by atoms with Gasteiger partial charge in [-0.3, -0.25) is 0 Å². The number of para-hydroxylation sites is 1. The number of ether oxygens (including phenoxy) is 7. The summed E-state index contributed by atoms with van der Waals surface area (Å²) < 4.78 is 40.8. The van der Waals surface area contributed by atoms with Gasteiger partial charge in [0.25, 0.3) is 0 Å². The van der Waals surface area contributed by atoms with Crippen molar-refractivity contribution in [3.63, 3.8) is 0 Å². The predicted octanol–water partition coefficient (Wildman–Crippen LogP) is 3.75. The largest absolute Gasteiger partial charge is 0.496 e. The molecule has 0 aliphatic carbocycles. The van der Waals surface area contributed by atoms with Crippen molar-refractivity contribution in [1.29, 1.82) is 0 Å². The van der Waals surface area contributed by atoms with Crippen molar-refractivity contribution < 1.29 is 38.3 Å². The van der Waals surface area contributed by atoms with E-state index in [0.29, 0.717) is 23.0 Å². The minimum Gasteiger partial charge on any atom is -0.496 e. The third-order valence-corrected chi connectivity index (χ3v) is 6.65. The highest BCUT2D eigenvalue weighted by atomic mass is 16.7. The zero-order valence-corrected chi connectivity index (χ0v) is 20.0. The Balaban J connectivity index is 1.44. The summed E-state index contributed by atoms with van der Waals surface area (Å²) in [6.07, 6.45) is 2.65. The highest BCUT2D eigenvalue weighted by molar-refractivity contribution is 5.65. The molecule has 34 heavy (non-hydrogen) atoms. The minimum absolute atomic E-state index is 0.0457. The van der Waals surface area contributed by atoms with Gasteiger partial charge in [-0.25, -0.2) is 0 Å². The van der Waals surface area contributed by atoms with Crippen molar-refractivity contribution in [2.75, 3.05) is 34.5 Å². The van der Waals surface area contributed by atoms with Gasteiger partial charge in [-0.15, -0.1) is 0 Å². The summed E-state index contributed by atoms with van der Waals surface area (Å²) in [5, 5.41) is 11.6. The Labute approximate surface area is 198 Å². The molecule has 0 bridgehead atoms. The van der Waals surface area contributed by atoms with Crippen LogP contribution in [0.3, 0.4) is 0 Å². The van der Waals surface area contributed by atoms with E-state index in [1.807, 2.05) is 38.1 Å². The second kappa shape index (κ2) is 8.37. The Bertz CT molecular complexity index is 1090. The first-order valence-electron chi connectivity index (χ1n) is 11.2. The van der Waals surface area contributed by atoms with Gasteiger partial charge in [0.1, 0.15) is 17.1 Å². The number of hydrogen-bond donors (Lipinski definition) is 1. The number of aliphatic hydroxyl groups is 1. The maximum Gasteiger partial charge on any atom is 0.232 e. The van der Waals surface area contributed by atoms with Crippen LogP contribution in [0.1, 0.15) is 31.1 Å². The molecule has 2 saturated heterocycles. The maximum absolute atomic E-state index is 11.6. The lowest BCUT2D eigenvalue weighted by Crippen LogP contribution is -2.47. The quantitative estimate of drug-likeness (QED) is 0.684. The summed E-state index contributed by atoms with van der Waals surface area (Å²) >= 11 is 0. The molecular formula is C26H30O8. The van der Waals surface area contributed by atoms with Gasteiger partial charge in [-0.1, -0.05) is 12.1 Å². The van der Waals surface area contributed by atoms with Gasteiger partial charge in [0, 0.05) is 17.2 Å². The molecule has 0 saturated carbocycles. The fourth-order valence-electron chi connectivity index (χ4n) is 4.82. The van der Waals surface area contributed by atoms with Crippen molar-refractivity contribution in [2.45, 2.75) is 37.4 Å². The Morgan fingerprint density at radius 3 is 2.35 bits per heavy atom.